The Morgan fingerprint density at radius 2 is 2.16 bits per heavy atom. The van der Waals surface area contributed by atoms with Crippen LogP contribution in [0.5, 0.6) is 11.5 Å². The van der Waals surface area contributed by atoms with Gasteiger partial charge < -0.3 is 14.8 Å². The minimum atomic E-state index is -0.0679. The van der Waals surface area contributed by atoms with Crippen LogP contribution in [0.4, 0.5) is 0 Å². The zero-order valence-corrected chi connectivity index (χ0v) is 12.5. The molecule has 19 heavy (non-hydrogen) atoms. The van der Waals surface area contributed by atoms with E-state index in [1.807, 2.05) is 12.1 Å². The summed E-state index contributed by atoms with van der Waals surface area (Å²) in [6.07, 6.45) is 4.56. The number of hydrogen-bond donors (Lipinski definition) is 1. The van der Waals surface area contributed by atoms with E-state index in [4.69, 9.17) is 9.47 Å². The van der Waals surface area contributed by atoms with Crippen LogP contribution in [0.15, 0.2) is 22.7 Å². The van der Waals surface area contributed by atoms with Crippen molar-refractivity contribution in [1.29, 1.82) is 0 Å². The maximum atomic E-state index is 11.8. The van der Waals surface area contributed by atoms with Gasteiger partial charge in [0.25, 0.3) is 5.91 Å². The van der Waals surface area contributed by atoms with E-state index in [2.05, 4.69) is 21.2 Å². The van der Waals surface area contributed by atoms with E-state index >= 15 is 0 Å². The van der Waals surface area contributed by atoms with E-state index in [9.17, 15) is 4.79 Å². The molecule has 1 fully saturated rings. The summed E-state index contributed by atoms with van der Waals surface area (Å²) in [4.78, 5) is 11.8. The van der Waals surface area contributed by atoms with Gasteiger partial charge in [0.1, 0.15) is 11.5 Å². The summed E-state index contributed by atoms with van der Waals surface area (Å²) in [5.41, 5.74) is 0. The van der Waals surface area contributed by atoms with Crippen molar-refractivity contribution in [3.8, 4) is 11.5 Å². The Morgan fingerprint density at radius 3 is 2.84 bits per heavy atom. The minimum absolute atomic E-state index is 0.0300. The number of rotatable bonds is 5. The number of halogens is 1. The molecule has 104 valence electrons. The topological polar surface area (TPSA) is 47.6 Å². The maximum absolute atomic E-state index is 11.8. The molecule has 0 aliphatic heterocycles. The maximum Gasteiger partial charge on any atom is 0.258 e. The van der Waals surface area contributed by atoms with Crippen molar-refractivity contribution < 1.29 is 14.3 Å². The first-order valence-electron chi connectivity index (χ1n) is 6.45. The van der Waals surface area contributed by atoms with Gasteiger partial charge in [-0.3, -0.25) is 4.79 Å². The average molecular weight is 328 g/mol. The van der Waals surface area contributed by atoms with Crippen LogP contribution in [0.3, 0.4) is 0 Å². The Labute approximate surface area is 121 Å². The summed E-state index contributed by atoms with van der Waals surface area (Å²) in [7, 11) is 1.60. The van der Waals surface area contributed by atoms with Crippen molar-refractivity contribution in [1.82, 2.24) is 5.32 Å². The van der Waals surface area contributed by atoms with Crippen LogP contribution in [-0.2, 0) is 4.79 Å². The van der Waals surface area contributed by atoms with Gasteiger partial charge in [0.2, 0.25) is 0 Å². The van der Waals surface area contributed by atoms with Crippen LogP contribution in [0, 0.1) is 0 Å². The predicted molar refractivity (Wildman–Crippen MR) is 76.6 cm³/mol. The molecule has 0 aromatic heterocycles. The monoisotopic (exact) mass is 327 g/mol. The fraction of sp³-hybridized carbons (Fsp3) is 0.500. The summed E-state index contributed by atoms with van der Waals surface area (Å²) >= 11 is 3.39. The molecule has 5 heteroatoms. The molecule has 2 rings (SSSR count). The van der Waals surface area contributed by atoms with Crippen molar-refractivity contribution in [2.24, 2.45) is 0 Å². The van der Waals surface area contributed by atoms with Crippen LogP contribution in [0.1, 0.15) is 25.7 Å². The highest BCUT2D eigenvalue weighted by Crippen LogP contribution is 2.29. The summed E-state index contributed by atoms with van der Waals surface area (Å²) in [6.45, 7) is 0.0300. The lowest BCUT2D eigenvalue weighted by Gasteiger charge is -2.13. The van der Waals surface area contributed by atoms with E-state index in [-0.39, 0.29) is 12.5 Å². The number of methoxy groups -OCH3 is 1. The largest absolute Gasteiger partial charge is 0.497 e. The minimum Gasteiger partial charge on any atom is -0.497 e. The summed E-state index contributed by atoms with van der Waals surface area (Å²) in [5.74, 6) is 1.25. The molecule has 4 nitrogen and oxygen atoms in total. The number of nitrogens with one attached hydrogen (secondary N) is 1. The Bertz CT molecular complexity index is 444. The number of ether oxygens (including phenoxy) is 2. The summed E-state index contributed by atoms with van der Waals surface area (Å²) in [6, 6.07) is 5.75. The lowest BCUT2D eigenvalue weighted by molar-refractivity contribution is -0.123. The van der Waals surface area contributed by atoms with Gasteiger partial charge in [-0.25, -0.2) is 0 Å². The molecule has 1 amide bonds. The van der Waals surface area contributed by atoms with E-state index < -0.39 is 0 Å². The Hall–Kier alpha value is -1.23. The lowest BCUT2D eigenvalue weighted by Crippen LogP contribution is -2.36. The first kappa shape index (κ1) is 14.2. The van der Waals surface area contributed by atoms with Crippen molar-refractivity contribution in [2.75, 3.05) is 13.7 Å². The molecular formula is C14H18BrNO3. The molecule has 0 atom stereocenters. The number of amides is 1. The number of benzene rings is 1. The van der Waals surface area contributed by atoms with E-state index in [1.54, 1.807) is 13.2 Å². The average Bonchev–Trinajstić information content (AvgIpc) is 2.90. The van der Waals surface area contributed by atoms with Gasteiger partial charge in [-0.2, -0.15) is 0 Å². The van der Waals surface area contributed by atoms with Crippen molar-refractivity contribution in [2.45, 2.75) is 31.7 Å². The molecule has 0 heterocycles. The fourth-order valence-electron chi connectivity index (χ4n) is 2.20. The predicted octanol–water partition coefficient (Wildman–Crippen LogP) is 2.90. The SMILES string of the molecule is COc1ccc(Br)c(OCC(=O)NC2CCCC2)c1. The second kappa shape index (κ2) is 6.80. The molecule has 1 N–H and O–H groups in total. The molecule has 1 aliphatic carbocycles. The Morgan fingerprint density at radius 1 is 1.42 bits per heavy atom. The zero-order valence-electron chi connectivity index (χ0n) is 10.9. The van der Waals surface area contributed by atoms with Crippen LogP contribution in [-0.4, -0.2) is 25.7 Å². The number of carbonyl (C=O) groups excluding carboxylic acids is 1. The third-order valence-electron chi connectivity index (χ3n) is 3.22. The van der Waals surface area contributed by atoms with Crippen molar-refractivity contribution >= 4 is 21.8 Å². The quantitative estimate of drug-likeness (QED) is 0.904. The molecule has 0 bridgehead atoms. The van der Waals surface area contributed by atoms with Crippen molar-refractivity contribution in [3.05, 3.63) is 22.7 Å². The highest BCUT2D eigenvalue weighted by Gasteiger charge is 2.17. The second-order valence-corrected chi connectivity index (χ2v) is 5.49. The second-order valence-electron chi connectivity index (χ2n) is 4.63. The molecule has 0 radical (unpaired) electrons. The van der Waals surface area contributed by atoms with E-state index in [1.165, 1.54) is 12.8 Å². The summed E-state index contributed by atoms with van der Waals surface area (Å²) in [5, 5.41) is 2.99. The van der Waals surface area contributed by atoms with Crippen LogP contribution in [0.25, 0.3) is 0 Å². The molecule has 0 spiro atoms. The fourth-order valence-corrected chi connectivity index (χ4v) is 2.57. The van der Waals surface area contributed by atoms with Crippen LogP contribution in [0.2, 0.25) is 0 Å². The molecular weight excluding hydrogens is 310 g/mol. The molecule has 1 saturated carbocycles. The smallest absolute Gasteiger partial charge is 0.258 e. The molecule has 1 aromatic rings. The van der Waals surface area contributed by atoms with Gasteiger partial charge in [-0.1, -0.05) is 12.8 Å². The first-order chi connectivity index (χ1) is 9.19. The highest BCUT2D eigenvalue weighted by atomic mass is 79.9. The molecule has 1 aliphatic rings. The van der Waals surface area contributed by atoms with Gasteiger partial charge in [-0.05, 0) is 40.9 Å². The third kappa shape index (κ3) is 4.13. The Balaban J connectivity index is 1.85. The van der Waals surface area contributed by atoms with E-state index in [0.717, 1.165) is 17.3 Å². The molecule has 1 aromatic carbocycles. The van der Waals surface area contributed by atoms with Gasteiger partial charge in [0.05, 0.1) is 11.6 Å². The van der Waals surface area contributed by atoms with Crippen LogP contribution >= 0.6 is 15.9 Å². The van der Waals surface area contributed by atoms with Crippen molar-refractivity contribution in [3.63, 3.8) is 0 Å². The summed E-state index contributed by atoms with van der Waals surface area (Å²) < 4.78 is 11.4. The number of hydrogen-bond acceptors (Lipinski definition) is 3. The van der Waals surface area contributed by atoms with Gasteiger partial charge in [0.15, 0.2) is 6.61 Å². The van der Waals surface area contributed by atoms with Gasteiger partial charge in [-0.15, -0.1) is 0 Å². The lowest BCUT2D eigenvalue weighted by atomic mass is 10.2. The highest BCUT2D eigenvalue weighted by molar-refractivity contribution is 9.10. The molecule has 0 unspecified atom stereocenters. The first-order valence-corrected chi connectivity index (χ1v) is 7.24. The van der Waals surface area contributed by atoms with Crippen LogP contribution < -0.4 is 14.8 Å². The zero-order chi connectivity index (χ0) is 13.7. The van der Waals surface area contributed by atoms with Gasteiger partial charge in [0, 0.05) is 12.1 Å². The van der Waals surface area contributed by atoms with Gasteiger partial charge >= 0.3 is 0 Å². The third-order valence-corrected chi connectivity index (χ3v) is 3.87. The molecule has 0 saturated heterocycles. The normalized spacial score (nSPS) is 15.3. The van der Waals surface area contributed by atoms with E-state index in [0.29, 0.717) is 17.5 Å². The number of carbonyl (C=O) groups is 1. The standard InChI is InChI=1S/C14H18BrNO3/c1-18-11-6-7-12(15)13(8-11)19-9-14(17)16-10-4-2-3-5-10/h6-8,10H,2-5,9H2,1H3,(H,16,17). The Kier molecular flexibility index (Phi) is 5.07.